The molecule has 0 radical (unpaired) electrons. The molecule has 0 saturated carbocycles. The first kappa shape index (κ1) is 12.7. The van der Waals surface area contributed by atoms with Crippen molar-refractivity contribution in [3.63, 3.8) is 0 Å². The Kier molecular flexibility index (Phi) is 3.14. The van der Waals surface area contributed by atoms with Gasteiger partial charge in [-0.1, -0.05) is 0 Å². The first-order valence-electron chi connectivity index (χ1n) is 6.63. The number of carbonyl (C=O) groups excluding carboxylic acids is 1. The molecule has 0 aliphatic heterocycles. The molecule has 2 aromatic rings. The van der Waals surface area contributed by atoms with Gasteiger partial charge in [0.25, 0.3) is 5.56 Å². The van der Waals surface area contributed by atoms with E-state index in [-0.39, 0.29) is 11.3 Å². The molecule has 0 unspecified atom stereocenters. The third kappa shape index (κ3) is 2.03. The van der Waals surface area contributed by atoms with Crippen LogP contribution in [0.15, 0.2) is 41.2 Å². The Morgan fingerprint density at radius 3 is 2.45 bits per heavy atom. The molecule has 4 nitrogen and oxygen atoms in total. The predicted molar refractivity (Wildman–Crippen MR) is 75.9 cm³/mol. The normalized spacial score (nSPS) is 13.9. The molecule has 4 heteroatoms. The van der Waals surface area contributed by atoms with E-state index in [4.69, 9.17) is 4.74 Å². The monoisotopic (exact) mass is 269 g/mol. The van der Waals surface area contributed by atoms with Crippen LogP contribution < -0.4 is 10.3 Å². The van der Waals surface area contributed by atoms with Gasteiger partial charge in [-0.25, -0.2) is 0 Å². The molecule has 1 aliphatic carbocycles. The zero-order chi connectivity index (χ0) is 14.1. The van der Waals surface area contributed by atoms with E-state index in [1.165, 1.54) is 6.07 Å². The number of ketones is 1. The molecule has 3 rings (SSSR count). The Hall–Kier alpha value is -2.36. The van der Waals surface area contributed by atoms with E-state index < -0.39 is 0 Å². The van der Waals surface area contributed by atoms with Crippen LogP contribution >= 0.6 is 0 Å². The summed E-state index contributed by atoms with van der Waals surface area (Å²) in [5, 5.41) is 0. The number of fused-ring (bicyclic) bond motifs is 1. The van der Waals surface area contributed by atoms with Gasteiger partial charge in [-0.2, -0.15) is 0 Å². The number of benzene rings is 1. The zero-order valence-electron chi connectivity index (χ0n) is 11.3. The lowest BCUT2D eigenvalue weighted by Gasteiger charge is -2.20. The summed E-state index contributed by atoms with van der Waals surface area (Å²) in [6, 6.07) is 10.4. The molecule has 1 aromatic carbocycles. The average molecular weight is 269 g/mol. The average Bonchev–Trinajstić information content (AvgIpc) is 2.48. The van der Waals surface area contributed by atoms with Gasteiger partial charge in [0.2, 0.25) is 0 Å². The third-order valence-corrected chi connectivity index (χ3v) is 3.64. The van der Waals surface area contributed by atoms with Crippen LogP contribution in [0.5, 0.6) is 5.75 Å². The summed E-state index contributed by atoms with van der Waals surface area (Å²) in [4.78, 5) is 24.1. The van der Waals surface area contributed by atoms with Gasteiger partial charge in [-0.05, 0) is 43.2 Å². The van der Waals surface area contributed by atoms with Crippen molar-refractivity contribution in [1.29, 1.82) is 0 Å². The van der Waals surface area contributed by atoms with E-state index in [1.807, 2.05) is 24.3 Å². The second-order valence-corrected chi connectivity index (χ2v) is 4.84. The molecule has 102 valence electrons. The fraction of sp³-hybridized carbons (Fsp3) is 0.250. The van der Waals surface area contributed by atoms with Gasteiger partial charge in [0.1, 0.15) is 5.75 Å². The van der Waals surface area contributed by atoms with Crippen molar-refractivity contribution in [1.82, 2.24) is 4.57 Å². The quantitative estimate of drug-likeness (QED) is 0.841. The van der Waals surface area contributed by atoms with Crippen molar-refractivity contribution in [2.75, 3.05) is 7.11 Å². The van der Waals surface area contributed by atoms with Gasteiger partial charge in [0.05, 0.1) is 7.11 Å². The van der Waals surface area contributed by atoms with Crippen LogP contribution in [0, 0.1) is 0 Å². The molecule has 0 saturated heterocycles. The molecule has 1 aliphatic rings. The molecule has 0 fully saturated rings. The molecular formula is C16H15NO3. The Morgan fingerprint density at radius 2 is 1.75 bits per heavy atom. The minimum Gasteiger partial charge on any atom is -0.497 e. The van der Waals surface area contributed by atoms with Gasteiger partial charge in [0.15, 0.2) is 5.78 Å². The highest BCUT2D eigenvalue weighted by Crippen LogP contribution is 2.23. The van der Waals surface area contributed by atoms with Gasteiger partial charge >= 0.3 is 0 Å². The first-order chi connectivity index (χ1) is 9.70. The van der Waals surface area contributed by atoms with Crippen molar-refractivity contribution < 1.29 is 9.53 Å². The number of nitrogens with zero attached hydrogens (tertiary/aromatic N) is 1. The van der Waals surface area contributed by atoms with Gasteiger partial charge < -0.3 is 4.74 Å². The Morgan fingerprint density at radius 1 is 1.00 bits per heavy atom. The molecular weight excluding hydrogens is 254 g/mol. The summed E-state index contributed by atoms with van der Waals surface area (Å²) < 4.78 is 6.75. The number of carbonyl (C=O) groups is 1. The van der Waals surface area contributed by atoms with Crippen LogP contribution in [0.4, 0.5) is 0 Å². The lowest BCUT2D eigenvalue weighted by molar-refractivity contribution is 0.0971. The fourth-order valence-electron chi connectivity index (χ4n) is 2.64. The smallest absolute Gasteiger partial charge is 0.255 e. The Bertz CT molecular complexity index is 713. The summed E-state index contributed by atoms with van der Waals surface area (Å²) in [7, 11) is 1.60. The maximum atomic E-state index is 12.2. The first-order valence-corrected chi connectivity index (χ1v) is 6.63. The van der Waals surface area contributed by atoms with Crippen LogP contribution in [0.1, 0.15) is 28.9 Å². The number of hydrogen-bond acceptors (Lipinski definition) is 3. The second kappa shape index (κ2) is 4.96. The molecule has 1 heterocycles. The van der Waals surface area contributed by atoms with E-state index in [0.717, 1.165) is 30.0 Å². The molecule has 1 aromatic heterocycles. The molecule has 0 bridgehead atoms. The van der Waals surface area contributed by atoms with Crippen LogP contribution in [-0.4, -0.2) is 17.5 Å². The number of aromatic nitrogens is 1. The largest absolute Gasteiger partial charge is 0.497 e. The highest BCUT2D eigenvalue weighted by atomic mass is 16.5. The molecule has 20 heavy (non-hydrogen) atoms. The predicted octanol–water partition coefficient (Wildman–Crippen LogP) is 2.37. The number of Topliss-reactive ketones (excluding diaryl/α,β-unsaturated/α-hetero) is 1. The fourth-order valence-corrected chi connectivity index (χ4v) is 2.64. The topological polar surface area (TPSA) is 48.3 Å². The van der Waals surface area contributed by atoms with Crippen molar-refractivity contribution in [2.24, 2.45) is 0 Å². The third-order valence-electron chi connectivity index (χ3n) is 3.64. The lowest BCUT2D eigenvalue weighted by atomic mass is 9.94. The highest BCUT2D eigenvalue weighted by molar-refractivity contribution is 5.98. The number of rotatable bonds is 2. The summed E-state index contributed by atoms with van der Waals surface area (Å²) >= 11 is 0. The van der Waals surface area contributed by atoms with E-state index in [9.17, 15) is 9.59 Å². The number of hydrogen-bond donors (Lipinski definition) is 0. The van der Waals surface area contributed by atoms with E-state index in [1.54, 1.807) is 17.7 Å². The van der Waals surface area contributed by atoms with E-state index in [0.29, 0.717) is 12.0 Å². The molecule has 0 N–H and O–H groups in total. The van der Waals surface area contributed by atoms with E-state index >= 15 is 0 Å². The van der Waals surface area contributed by atoms with E-state index in [2.05, 4.69) is 0 Å². The summed E-state index contributed by atoms with van der Waals surface area (Å²) in [6.07, 6.45) is 2.11. The SMILES string of the molecule is COc1ccc(-n2c3c(ccc2=O)C(=O)CCC3)cc1. The second-order valence-electron chi connectivity index (χ2n) is 4.84. The number of methoxy groups -OCH3 is 1. The highest BCUT2D eigenvalue weighted by Gasteiger charge is 2.21. The van der Waals surface area contributed by atoms with Crippen LogP contribution in [0.3, 0.4) is 0 Å². The van der Waals surface area contributed by atoms with Crippen LogP contribution in [0.2, 0.25) is 0 Å². The van der Waals surface area contributed by atoms with Crippen molar-refractivity contribution in [2.45, 2.75) is 19.3 Å². The molecule has 0 atom stereocenters. The molecule has 0 spiro atoms. The minimum absolute atomic E-state index is 0.108. The zero-order valence-corrected chi connectivity index (χ0v) is 11.3. The number of pyridine rings is 1. The standard InChI is InChI=1S/C16H15NO3/c1-20-12-7-5-11(6-8-12)17-14-3-2-4-15(18)13(14)9-10-16(17)19/h5-10H,2-4H2,1H3. The van der Waals surface area contributed by atoms with Crippen molar-refractivity contribution >= 4 is 5.78 Å². The Balaban J connectivity index is 2.19. The maximum absolute atomic E-state index is 12.2. The van der Waals surface area contributed by atoms with Gasteiger partial charge in [-0.3, -0.25) is 14.2 Å². The van der Waals surface area contributed by atoms with Crippen molar-refractivity contribution in [3.05, 3.63) is 58.0 Å². The minimum atomic E-state index is -0.108. The summed E-state index contributed by atoms with van der Waals surface area (Å²) in [6.45, 7) is 0. The van der Waals surface area contributed by atoms with Crippen LogP contribution in [0.25, 0.3) is 5.69 Å². The summed E-state index contributed by atoms with van der Waals surface area (Å²) in [5.74, 6) is 0.858. The molecule has 0 amide bonds. The van der Waals surface area contributed by atoms with Gasteiger partial charge in [0, 0.05) is 29.4 Å². The van der Waals surface area contributed by atoms with Crippen molar-refractivity contribution in [3.8, 4) is 11.4 Å². The maximum Gasteiger partial charge on any atom is 0.255 e. The van der Waals surface area contributed by atoms with Gasteiger partial charge in [-0.15, -0.1) is 0 Å². The van der Waals surface area contributed by atoms with Crippen LogP contribution in [-0.2, 0) is 6.42 Å². The number of ether oxygens (including phenoxy) is 1. The Labute approximate surface area is 116 Å². The summed E-state index contributed by atoms with van der Waals surface area (Å²) in [5.41, 5.74) is 2.15. The lowest BCUT2D eigenvalue weighted by Crippen LogP contribution is -2.26.